The Bertz CT molecular complexity index is 3790. The molecule has 71 heavy (non-hydrogen) atoms. The minimum Gasteiger partial charge on any atom is -0.454 e. The summed E-state index contributed by atoms with van der Waals surface area (Å²) in [6, 6.07) is 70.5. The molecule has 9 aromatic carbocycles. The van der Waals surface area contributed by atoms with E-state index in [-0.39, 0.29) is 23.0 Å². The summed E-state index contributed by atoms with van der Waals surface area (Å²) >= 11 is 0. The van der Waals surface area contributed by atoms with Gasteiger partial charge in [-0.15, -0.1) is 0 Å². The second-order valence-corrected chi connectivity index (χ2v) is 22.7. The lowest BCUT2D eigenvalue weighted by Crippen LogP contribution is -2.61. The minimum absolute atomic E-state index is 0.00766. The van der Waals surface area contributed by atoms with E-state index >= 15 is 0 Å². The first kappa shape index (κ1) is 43.3. The van der Waals surface area contributed by atoms with Gasteiger partial charge in [0.25, 0.3) is 6.71 Å². The Morgan fingerprint density at radius 1 is 0.479 bits per heavy atom. The van der Waals surface area contributed by atoms with E-state index in [9.17, 15) is 0 Å². The molecule has 0 saturated heterocycles. The quantitative estimate of drug-likeness (QED) is 0.160. The predicted octanol–water partition coefficient (Wildman–Crippen LogP) is 16.3. The van der Waals surface area contributed by atoms with Crippen LogP contribution < -0.4 is 31.1 Å². The van der Waals surface area contributed by atoms with Crippen molar-refractivity contribution in [2.75, 3.05) is 14.7 Å². The molecule has 0 radical (unpaired) electrons. The molecule has 5 heteroatoms. The number of hydrogen-bond donors (Lipinski definition) is 0. The highest BCUT2D eigenvalue weighted by atomic mass is 16.3. The van der Waals surface area contributed by atoms with Crippen LogP contribution in [-0.4, -0.2) is 6.71 Å². The van der Waals surface area contributed by atoms with Gasteiger partial charge in [0.1, 0.15) is 5.58 Å². The fourth-order valence-electron chi connectivity index (χ4n) is 12.1. The summed E-state index contributed by atoms with van der Waals surface area (Å²) in [4.78, 5) is 7.51. The minimum atomic E-state index is -0.137. The Morgan fingerprint density at radius 2 is 1.13 bits per heavy atom. The molecule has 0 saturated carbocycles. The van der Waals surface area contributed by atoms with Crippen molar-refractivity contribution in [3.63, 3.8) is 0 Å². The van der Waals surface area contributed by atoms with Crippen molar-refractivity contribution in [2.45, 2.75) is 78.6 Å². The lowest BCUT2D eigenvalue weighted by Gasteiger charge is -2.45. The molecular weight excluding hydrogens is 862 g/mol. The van der Waals surface area contributed by atoms with Gasteiger partial charge in [-0.3, -0.25) is 0 Å². The molecule has 1 aromatic heterocycles. The zero-order valence-corrected chi connectivity index (χ0v) is 42.2. The first-order valence-electron chi connectivity index (χ1n) is 25.3. The van der Waals surface area contributed by atoms with Gasteiger partial charge < -0.3 is 19.1 Å². The molecule has 0 atom stereocenters. The van der Waals surface area contributed by atoms with E-state index in [0.717, 1.165) is 50.4 Å². The standard InChI is InChI=1S/C66H58BN3O/c1-41-36-59-62-60(37-41)70(46-31-33-49-48-20-13-15-23-52(48)66(8,9)53(49)39-46)56-35-28-43(65(5,6)7)38-55(56)67(62)54-34-32-47(40-58(54)69(59)45-29-26-42(27-30-45)64(2,3)4)68(44-18-11-10-12-19-44)57-24-17-22-51-50-21-14-16-25-61(50)71-63(51)57/h10-40H,1-9H3. The van der Waals surface area contributed by atoms with Crippen molar-refractivity contribution >= 4 is 96.2 Å². The molecule has 0 fully saturated rings. The molecule has 10 aromatic rings. The topological polar surface area (TPSA) is 22.9 Å². The summed E-state index contributed by atoms with van der Waals surface area (Å²) in [7, 11) is 0. The monoisotopic (exact) mass is 919 g/mol. The predicted molar refractivity (Wildman–Crippen MR) is 302 cm³/mol. The van der Waals surface area contributed by atoms with E-state index in [2.05, 4.69) is 265 Å². The molecule has 2 aliphatic heterocycles. The molecule has 13 rings (SSSR count). The van der Waals surface area contributed by atoms with Crippen molar-refractivity contribution < 1.29 is 4.42 Å². The van der Waals surface area contributed by atoms with E-state index in [1.165, 1.54) is 78.1 Å². The number of nitrogens with zero attached hydrogens (tertiary/aromatic N) is 3. The summed E-state index contributed by atoms with van der Waals surface area (Å²) in [5, 5.41) is 2.22. The van der Waals surface area contributed by atoms with Crippen LogP contribution in [-0.2, 0) is 16.2 Å². The average molecular weight is 920 g/mol. The maximum Gasteiger partial charge on any atom is 0.252 e. The third-order valence-corrected chi connectivity index (χ3v) is 15.8. The van der Waals surface area contributed by atoms with Crippen LogP contribution in [0.3, 0.4) is 0 Å². The summed E-state index contributed by atoms with van der Waals surface area (Å²) < 4.78 is 6.78. The molecule has 346 valence electrons. The van der Waals surface area contributed by atoms with Crippen LogP contribution in [0, 0.1) is 6.92 Å². The second kappa shape index (κ2) is 15.4. The van der Waals surface area contributed by atoms with Gasteiger partial charge in [-0.05, 0) is 152 Å². The summed E-state index contributed by atoms with van der Waals surface area (Å²) in [5.74, 6) is 0. The second-order valence-electron chi connectivity index (χ2n) is 22.7. The third kappa shape index (κ3) is 6.58. The molecule has 0 unspecified atom stereocenters. The Balaban J connectivity index is 1.08. The van der Waals surface area contributed by atoms with Gasteiger partial charge in [-0.1, -0.05) is 165 Å². The summed E-state index contributed by atoms with van der Waals surface area (Å²) in [5.41, 5.74) is 25.0. The van der Waals surface area contributed by atoms with Crippen molar-refractivity contribution in [1.82, 2.24) is 0 Å². The number of fused-ring (bicyclic) bond motifs is 10. The van der Waals surface area contributed by atoms with Gasteiger partial charge in [-0.2, -0.15) is 0 Å². The summed E-state index contributed by atoms with van der Waals surface area (Å²) in [6.45, 7) is 20.9. The van der Waals surface area contributed by atoms with Crippen LogP contribution in [0.2, 0.25) is 0 Å². The van der Waals surface area contributed by atoms with Crippen molar-refractivity contribution in [3.8, 4) is 11.1 Å². The first-order chi connectivity index (χ1) is 34.1. The fraction of sp³-hybridized carbons (Fsp3) is 0.182. The van der Waals surface area contributed by atoms with Gasteiger partial charge in [0, 0.05) is 61.7 Å². The van der Waals surface area contributed by atoms with Crippen LogP contribution in [0.4, 0.5) is 51.2 Å². The largest absolute Gasteiger partial charge is 0.454 e. The summed E-state index contributed by atoms with van der Waals surface area (Å²) in [6.07, 6.45) is 0. The van der Waals surface area contributed by atoms with Crippen molar-refractivity contribution in [3.05, 3.63) is 216 Å². The Labute approximate surface area is 418 Å². The maximum absolute atomic E-state index is 6.78. The van der Waals surface area contributed by atoms with E-state index in [4.69, 9.17) is 4.42 Å². The molecule has 4 nitrogen and oxygen atoms in total. The van der Waals surface area contributed by atoms with Crippen LogP contribution in [0.25, 0.3) is 33.1 Å². The van der Waals surface area contributed by atoms with Crippen LogP contribution in [0.15, 0.2) is 192 Å². The Morgan fingerprint density at radius 3 is 1.89 bits per heavy atom. The van der Waals surface area contributed by atoms with E-state index in [1.807, 2.05) is 0 Å². The van der Waals surface area contributed by atoms with Crippen LogP contribution in [0.1, 0.15) is 83.2 Å². The number of hydrogen-bond acceptors (Lipinski definition) is 4. The first-order valence-corrected chi connectivity index (χ1v) is 25.3. The number of anilines is 9. The van der Waals surface area contributed by atoms with Gasteiger partial charge in [0.2, 0.25) is 0 Å². The third-order valence-electron chi connectivity index (χ3n) is 15.8. The van der Waals surface area contributed by atoms with E-state index < -0.39 is 0 Å². The number of furan rings is 1. The molecule has 0 spiro atoms. The number of rotatable bonds is 5. The highest BCUT2D eigenvalue weighted by molar-refractivity contribution is 7.00. The maximum atomic E-state index is 6.78. The molecule has 1 aliphatic carbocycles. The molecule has 0 bridgehead atoms. The normalized spacial score (nSPS) is 14.3. The van der Waals surface area contributed by atoms with Crippen LogP contribution in [0.5, 0.6) is 0 Å². The van der Waals surface area contributed by atoms with Gasteiger partial charge in [-0.25, -0.2) is 0 Å². The van der Waals surface area contributed by atoms with Crippen molar-refractivity contribution in [1.29, 1.82) is 0 Å². The van der Waals surface area contributed by atoms with E-state index in [0.29, 0.717) is 0 Å². The lowest BCUT2D eigenvalue weighted by atomic mass is 9.33. The zero-order valence-electron chi connectivity index (χ0n) is 42.2. The Hall–Kier alpha value is -7.76. The fourth-order valence-corrected chi connectivity index (χ4v) is 12.1. The molecular formula is C66H58BN3O. The SMILES string of the molecule is Cc1cc2c3c(c1)N(c1ccc(C(C)(C)C)cc1)c1cc(N(c4ccccc4)c4cccc5c4oc4ccccc45)ccc1B3c1cc(C(C)(C)C)ccc1N2c1ccc2c(c1)C(C)(C)c1ccccc1-2. The molecule has 0 amide bonds. The Kier molecular flexibility index (Phi) is 9.37. The molecule has 3 heterocycles. The number of benzene rings is 9. The highest BCUT2D eigenvalue weighted by Gasteiger charge is 2.45. The molecule has 0 N–H and O–H groups in total. The van der Waals surface area contributed by atoms with Gasteiger partial charge >= 0.3 is 0 Å². The number of para-hydroxylation sites is 3. The average Bonchev–Trinajstić information content (AvgIpc) is 3.85. The van der Waals surface area contributed by atoms with Gasteiger partial charge in [0.15, 0.2) is 5.58 Å². The van der Waals surface area contributed by atoms with Crippen LogP contribution >= 0.6 is 0 Å². The van der Waals surface area contributed by atoms with E-state index in [1.54, 1.807) is 0 Å². The van der Waals surface area contributed by atoms with Crippen molar-refractivity contribution in [2.24, 2.45) is 0 Å². The highest BCUT2D eigenvalue weighted by Crippen LogP contribution is 2.53. The number of aryl methyl sites for hydroxylation is 1. The lowest BCUT2D eigenvalue weighted by molar-refractivity contribution is 0.590. The molecule has 3 aliphatic rings. The van der Waals surface area contributed by atoms with Gasteiger partial charge in [0.05, 0.1) is 5.69 Å². The zero-order chi connectivity index (χ0) is 48.7. The smallest absolute Gasteiger partial charge is 0.252 e.